The number of fused-ring (bicyclic) bond motifs is 1. The van der Waals surface area contributed by atoms with Crippen LogP contribution in [-0.2, 0) is 32.6 Å². The molecular formula is C31H33N3O5S. The molecule has 0 unspecified atom stereocenters. The highest BCUT2D eigenvalue weighted by molar-refractivity contribution is 7.92. The van der Waals surface area contributed by atoms with Crippen molar-refractivity contribution < 1.29 is 22.7 Å². The number of carbonyl (C=O) groups is 2. The number of benzene rings is 4. The molecule has 0 aromatic heterocycles. The van der Waals surface area contributed by atoms with Crippen molar-refractivity contribution in [3.63, 3.8) is 0 Å². The Bertz CT molecular complexity index is 1590. The van der Waals surface area contributed by atoms with E-state index in [1.807, 2.05) is 72.8 Å². The van der Waals surface area contributed by atoms with Gasteiger partial charge in [0.15, 0.2) is 0 Å². The summed E-state index contributed by atoms with van der Waals surface area (Å²) in [6.45, 7) is -0.396. The van der Waals surface area contributed by atoms with Gasteiger partial charge in [-0.15, -0.1) is 0 Å². The third-order valence-electron chi connectivity index (χ3n) is 6.72. The first-order chi connectivity index (χ1) is 19.2. The minimum Gasteiger partial charge on any atom is -0.497 e. The van der Waals surface area contributed by atoms with E-state index in [4.69, 9.17) is 4.74 Å². The van der Waals surface area contributed by atoms with E-state index >= 15 is 0 Å². The van der Waals surface area contributed by atoms with Crippen LogP contribution in [0.15, 0.2) is 97.1 Å². The standard InChI is InChI=1S/C31H33N3O5S/c1-32-31(36)29(20-23-11-5-4-6-12-23)33(21-24-13-9-16-26(19-24)39-2)30(35)22-34(40(3,37)38)28-18-10-15-25-14-7-8-17-27(25)28/h4-19,29H,20-22H2,1-3H3,(H,32,36)/t29-/m0/s1. The predicted molar refractivity (Wildman–Crippen MR) is 158 cm³/mol. The molecule has 0 aliphatic carbocycles. The van der Waals surface area contributed by atoms with Gasteiger partial charge in [0.1, 0.15) is 18.3 Å². The minimum atomic E-state index is -3.87. The molecule has 2 amide bonds. The van der Waals surface area contributed by atoms with Crippen molar-refractivity contribution in [2.24, 2.45) is 0 Å². The number of hydrogen-bond acceptors (Lipinski definition) is 5. The highest BCUT2D eigenvalue weighted by Gasteiger charge is 2.33. The molecule has 4 rings (SSSR count). The van der Waals surface area contributed by atoms with Gasteiger partial charge in [0.25, 0.3) is 0 Å². The number of carbonyl (C=O) groups excluding carboxylic acids is 2. The number of rotatable bonds is 11. The third-order valence-corrected chi connectivity index (χ3v) is 7.85. The zero-order chi connectivity index (χ0) is 28.7. The molecule has 208 valence electrons. The zero-order valence-corrected chi connectivity index (χ0v) is 23.6. The van der Waals surface area contributed by atoms with E-state index in [1.165, 1.54) is 11.9 Å². The normalized spacial score (nSPS) is 12.0. The lowest BCUT2D eigenvalue weighted by Gasteiger charge is -2.33. The maximum Gasteiger partial charge on any atom is 0.244 e. The second-order valence-electron chi connectivity index (χ2n) is 9.46. The Kier molecular flexibility index (Phi) is 9.06. The molecule has 0 radical (unpaired) electrons. The highest BCUT2D eigenvalue weighted by atomic mass is 32.2. The molecule has 8 nitrogen and oxygen atoms in total. The first kappa shape index (κ1) is 28.6. The molecular weight excluding hydrogens is 526 g/mol. The van der Waals surface area contributed by atoms with E-state index in [0.29, 0.717) is 16.8 Å². The molecule has 9 heteroatoms. The molecule has 1 N–H and O–H groups in total. The molecule has 4 aromatic carbocycles. The molecule has 40 heavy (non-hydrogen) atoms. The number of anilines is 1. The van der Waals surface area contributed by atoms with E-state index in [1.54, 1.807) is 31.4 Å². The fourth-order valence-corrected chi connectivity index (χ4v) is 5.57. The Morgan fingerprint density at radius 1 is 0.875 bits per heavy atom. The van der Waals surface area contributed by atoms with Gasteiger partial charge in [-0.3, -0.25) is 13.9 Å². The Morgan fingerprint density at radius 2 is 1.52 bits per heavy atom. The van der Waals surface area contributed by atoms with Gasteiger partial charge in [-0.25, -0.2) is 8.42 Å². The number of nitrogens with one attached hydrogen (secondary N) is 1. The Morgan fingerprint density at radius 3 is 2.23 bits per heavy atom. The van der Waals surface area contributed by atoms with Crippen LogP contribution in [-0.4, -0.2) is 58.1 Å². The minimum absolute atomic E-state index is 0.0775. The molecule has 0 bridgehead atoms. The van der Waals surface area contributed by atoms with E-state index in [9.17, 15) is 18.0 Å². The molecule has 0 aliphatic heterocycles. The summed E-state index contributed by atoms with van der Waals surface area (Å²) in [5.41, 5.74) is 2.01. The molecule has 0 aliphatic rings. The summed E-state index contributed by atoms with van der Waals surface area (Å²) in [5, 5.41) is 4.23. The molecule has 1 atom stereocenters. The van der Waals surface area contributed by atoms with Crippen LogP contribution in [0, 0.1) is 0 Å². The van der Waals surface area contributed by atoms with Crippen LogP contribution >= 0.6 is 0 Å². The molecule has 0 saturated carbocycles. The SMILES string of the molecule is CNC(=O)[C@H](Cc1ccccc1)N(Cc1cccc(OC)c1)C(=O)CN(c1cccc2ccccc12)S(C)(=O)=O. The van der Waals surface area contributed by atoms with Crippen molar-refractivity contribution >= 4 is 38.3 Å². The summed E-state index contributed by atoms with van der Waals surface area (Å²) in [7, 11) is -0.791. The van der Waals surface area contributed by atoms with Crippen LogP contribution in [0.5, 0.6) is 5.75 Å². The fraction of sp³-hybridized carbons (Fsp3) is 0.226. The average Bonchev–Trinajstić information content (AvgIpc) is 2.97. The number of methoxy groups -OCH3 is 1. The maximum absolute atomic E-state index is 14.1. The van der Waals surface area contributed by atoms with Crippen molar-refractivity contribution in [2.75, 3.05) is 31.3 Å². The smallest absolute Gasteiger partial charge is 0.244 e. The Labute approximate surface area is 235 Å². The van der Waals surface area contributed by atoms with Gasteiger partial charge in [-0.2, -0.15) is 0 Å². The number of nitrogens with zero attached hydrogens (tertiary/aromatic N) is 2. The number of hydrogen-bond donors (Lipinski definition) is 1. The van der Waals surface area contributed by atoms with Crippen LogP contribution in [0.3, 0.4) is 0 Å². The van der Waals surface area contributed by atoms with Gasteiger partial charge in [0.05, 0.1) is 19.1 Å². The van der Waals surface area contributed by atoms with E-state index in [-0.39, 0.29) is 18.9 Å². The van der Waals surface area contributed by atoms with Crippen LogP contribution < -0.4 is 14.4 Å². The van der Waals surface area contributed by atoms with E-state index in [0.717, 1.165) is 27.1 Å². The van der Waals surface area contributed by atoms with Gasteiger partial charge in [-0.1, -0.05) is 78.9 Å². The highest BCUT2D eigenvalue weighted by Crippen LogP contribution is 2.29. The quantitative estimate of drug-likeness (QED) is 0.300. The first-order valence-electron chi connectivity index (χ1n) is 12.8. The summed E-state index contributed by atoms with van der Waals surface area (Å²) in [4.78, 5) is 28.8. The average molecular weight is 560 g/mol. The molecule has 0 heterocycles. The lowest BCUT2D eigenvalue weighted by Crippen LogP contribution is -2.52. The van der Waals surface area contributed by atoms with Crippen LogP contribution in [0.4, 0.5) is 5.69 Å². The maximum atomic E-state index is 14.1. The summed E-state index contributed by atoms with van der Waals surface area (Å²) in [6.07, 6.45) is 1.33. The molecule has 0 fully saturated rings. The molecule has 4 aromatic rings. The van der Waals surface area contributed by atoms with Gasteiger partial charge in [-0.05, 0) is 34.7 Å². The lowest BCUT2D eigenvalue weighted by molar-refractivity contribution is -0.139. The summed E-state index contributed by atoms with van der Waals surface area (Å²) >= 11 is 0. The van der Waals surface area contributed by atoms with E-state index < -0.39 is 28.5 Å². The van der Waals surface area contributed by atoms with Crippen LogP contribution in [0.1, 0.15) is 11.1 Å². The monoisotopic (exact) mass is 559 g/mol. The van der Waals surface area contributed by atoms with Crippen molar-refractivity contribution in [1.29, 1.82) is 0 Å². The summed E-state index contributed by atoms with van der Waals surface area (Å²) < 4.78 is 32.6. The van der Waals surface area contributed by atoms with Crippen LogP contribution in [0.25, 0.3) is 10.8 Å². The van der Waals surface area contributed by atoms with E-state index in [2.05, 4.69) is 5.32 Å². The fourth-order valence-electron chi connectivity index (χ4n) is 4.71. The largest absolute Gasteiger partial charge is 0.497 e. The first-order valence-corrected chi connectivity index (χ1v) is 14.7. The third kappa shape index (κ3) is 6.79. The summed E-state index contributed by atoms with van der Waals surface area (Å²) in [5.74, 6) is -0.250. The van der Waals surface area contributed by atoms with Gasteiger partial charge < -0.3 is 15.0 Å². The van der Waals surface area contributed by atoms with Crippen molar-refractivity contribution in [3.8, 4) is 5.75 Å². The number of likely N-dealkylation sites (N-methyl/N-ethyl adjacent to an activating group) is 1. The lowest BCUT2D eigenvalue weighted by atomic mass is 10.0. The zero-order valence-electron chi connectivity index (χ0n) is 22.8. The predicted octanol–water partition coefficient (Wildman–Crippen LogP) is 4.00. The summed E-state index contributed by atoms with van der Waals surface area (Å²) in [6, 6.07) is 28.5. The molecule has 0 saturated heterocycles. The molecule has 0 spiro atoms. The van der Waals surface area contributed by atoms with Gasteiger partial charge in [0.2, 0.25) is 21.8 Å². The number of sulfonamides is 1. The van der Waals surface area contributed by atoms with Gasteiger partial charge >= 0.3 is 0 Å². The van der Waals surface area contributed by atoms with Crippen LogP contribution in [0.2, 0.25) is 0 Å². The second kappa shape index (κ2) is 12.7. The Hall–Kier alpha value is -4.37. The number of amides is 2. The van der Waals surface area contributed by atoms with Crippen molar-refractivity contribution in [1.82, 2.24) is 10.2 Å². The topological polar surface area (TPSA) is 96.0 Å². The Balaban J connectivity index is 1.77. The second-order valence-corrected chi connectivity index (χ2v) is 11.4. The van der Waals surface area contributed by atoms with Gasteiger partial charge in [0, 0.05) is 25.4 Å². The number of ether oxygens (including phenoxy) is 1. The van der Waals surface area contributed by atoms with Crippen molar-refractivity contribution in [3.05, 3.63) is 108 Å². The van der Waals surface area contributed by atoms with Crippen molar-refractivity contribution in [2.45, 2.75) is 19.0 Å².